The van der Waals surface area contributed by atoms with Gasteiger partial charge in [0.25, 0.3) is 11.5 Å². The zero-order valence-electron chi connectivity index (χ0n) is 14.5. The molecule has 1 saturated carbocycles. The van der Waals surface area contributed by atoms with Gasteiger partial charge in [-0.05, 0) is 50.1 Å². The second kappa shape index (κ2) is 7.20. The van der Waals surface area contributed by atoms with E-state index in [1.807, 2.05) is 44.2 Å². The lowest BCUT2D eigenvalue weighted by molar-refractivity contribution is 0.0931. The van der Waals surface area contributed by atoms with E-state index in [0.29, 0.717) is 23.5 Å². The molecule has 128 valence electrons. The van der Waals surface area contributed by atoms with Gasteiger partial charge in [-0.1, -0.05) is 37.5 Å². The maximum Gasteiger partial charge on any atom is 0.268 e. The largest absolute Gasteiger partial charge is 0.350 e. The van der Waals surface area contributed by atoms with Gasteiger partial charge in [0, 0.05) is 18.0 Å². The van der Waals surface area contributed by atoms with Crippen LogP contribution in [0.1, 0.15) is 62.5 Å². The molecule has 0 bridgehead atoms. The van der Waals surface area contributed by atoms with Gasteiger partial charge in [0.15, 0.2) is 0 Å². The minimum Gasteiger partial charge on any atom is -0.350 e. The number of rotatable bonds is 4. The van der Waals surface area contributed by atoms with Crippen molar-refractivity contribution in [2.45, 2.75) is 52.0 Å². The number of fused-ring (bicyclic) bond motifs is 1. The van der Waals surface area contributed by atoms with Crippen LogP contribution < -0.4 is 10.9 Å². The Labute approximate surface area is 142 Å². The minimum absolute atomic E-state index is 0.0578. The van der Waals surface area contributed by atoms with Crippen LogP contribution in [-0.2, 0) is 0 Å². The number of benzene rings is 1. The van der Waals surface area contributed by atoms with E-state index in [2.05, 4.69) is 5.32 Å². The Kier molecular flexibility index (Phi) is 5.03. The average Bonchev–Trinajstić information content (AvgIpc) is 2.60. The molecule has 1 aromatic carbocycles. The third-order valence-electron chi connectivity index (χ3n) is 4.99. The molecule has 1 N–H and O–H groups in total. The lowest BCUT2D eigenvalue weighted by Crippen LogP contribution is -2.36. The first-order valence-corrected chi connectivity index (χ1v) is 9.00. The molecular formula is C20H26N2O2. The molecule has 0 aliphatic heterocycles. The van der Waals surface area contributed by atoms with E-state index >= 15 is 0 Å². The van der Waals surface area contributed by atoms with E-state index in [4.69, 9.17) is 0 Å². The third kappa shape index (κ3) is 3.37. The molecule has 1 aromatic heterocycles. The van der Waals surface area contributed by atoms with Crippen molar-refractivity contribution in [2.24, 2.45) is 5.92 Å². The topological polar surface area (TPSA) is 51.1 Å². The number of carbonyl (C=O) groups excluding carboxylic acids is 1. The fraction of sp³-hybridized carbons (Fsp3) is 0.500. The van der Waals surface area contributed by atoms with E-state index in [1.54, 1.807) is 4.57 Å². The maximum absolute atomic E-state index is 12.8. The van der Waals surface area contributed by atoms with Crippen LogP contribution in [0.4, 0.5) is 0 Å². The summed E-state index contributed by atoms with van der Waals surface area (Å²) in [5, 5.41) is 4.54. The van der Waals surface area contributed by atoms with Crippen molar-refractivity contribution in [1.29, 1.82) is 0 Å². The maximum atomic E-state index is 12.8. The van der Waals surface area contributed by atoms with Crippen molar-refractivity contribution < 1.29 is 4.79 Å². The van der Waals surface area contributed by atoms with Gasteiger partial charge in [-0.15, -0.1) is 0 Å². The van der Waals surface area contributed by atoms with Gasteiger partial charge in [0.05, 0.1) is 0 Å². The smallest absolute Gasteiger partial charge is 0.268 e. The molecule has 4 nitrogen and oxygen atoms in total. The number of hydrogen-bond acceptors (Lipinski definition) is 2. The molecule has 4 heteroatoms. The van der Waals surface area contributed by atoms with Crippen LogP contribution in [0.3, 0.4) is 0 Å². The molecule has 1 heterocycles. The number of nitrogens with one attached hydrogen (secondary N) is 1. The molecule has 1 amide bonds. The van der Waals surface area contributed by atoms with Crippen LogP contribution in [0.2, 0.25) is 0 Å². The lowest BCUT2D eigenvalue weighted by atomic mass is 9.89. The highest BCUT2D eigenvalue weighted by Gasteiger charge is 2.19. The zero-order valence-corrected chi connectivity index (χ0v) is 14.5. The minimum atomic E-state index is -0.142. The number of pyridine rings is 1. The Morgan fingerprint density at radius 1 is 1.21 bits per heavy atom. The monoisotopic (exact) mass is 326 g/mol. The summed E-state index contributed by atoms with van der Waals surface area (Å²) in [6.45, 7) is 4.58. The number of aromatic nitrogens is 1. The van der Waals surface area contributed by atoms with Gasteiger partial charge in [-0.2, -0.15) is 0 Å². The highest BCUT2D eigenvalue weighted by Crippen LogP contribution is 2.23. The molecule has 0 saturated heterocycles. The van der Waals surface area contributed by atoms with Crippen molar-refractivity contribution in [2.75, 3.05) is 6.54 Å². The molecule has 1 aliphatic carbocycles. The predicted molar refractivity (Wildman–Crippen MR) is 97.5 cm³/mol. The van der Waals surface area contributed by atoms with Crippen LogP contribution >= 0.6 is 0 Å². The normalized spacial score (nSPS) is 15.8. The summed E-state index contributed by atoms with van der Waals surface area (Å²) >= 11 is 0. The summed E-state index contributed by atoms with van der Waals surface area (Å²) in [5.74, 6) is 0.430. The molecule has 1 fully saturated rings. The van der Waals surface area contributed by atoms with Crippen molar-refractivity contribution in [3.05, 3.63) is 46.4 Å². The molecule has 3 rings (SSSR count). The number of hydrogen-bond donors (Lipinski definition) is 1. The Morgan fingerprint density at radius 2 is 1.92 bits per heavy atom. The summed E-state index contributed by atoms with van der Waals surface area (Å²) in [6, 6.07) is 9.24. The molecule has 2 aromatic rings. The van der Waals surface area contributed by atoms with Gasteiger partial charge in [-0.25, -0.2) is 0 Å². The standard InChI is InChI=1S/C20H26N2O2/c1-14(2)22-18(12-16-10-6-7-11-17(16)20(22)24)19(23)21-13-15-8-4-3-5-9-15/h6-7,10-12,14-15H,3-5,8-9,13H2,1-2H3,(H,21,23). The number of carbonyl (C=O) groups is 1. The third-order valence-corrected chi connectivity index (χ3v) is 4.99. The van der Waals surface area contributed by atoms with E-state index in [0.717, 1.165) is 5.39 Å². The van der Waals surface area contributed by atoms with Crippen LogP contribution in [0.5, 0.6) is 0 Å². The van der Waals surface area contributed by atoms with E-state index in [1.165, 1.54) is 32.1 Å². The SMILES string of the molecule is CC(C)n1c(C(=O)NCC2CCCCC2)cc2ccccc2c1=O. The fourth-order valence-electron chi connectivity index (χ4n) is 3.68. The van der Waals surface area contributed by atoms with E-state index in [-0.39, 0.29) is 17.5 Å². The predicted octanol–water partition coefficient (Wildman–Crippen LogP) is 3.89. The average molecular weight is 326 g/mol. The van der Waals surface area contributed by atoms with Gasteiger partial charge >= 0.3 is 0 Å². The fourth-order valence-corrected chi connectivity index (χ4v) is 3.68. The molecule has 0 spiro atoms. The molecule has 0 atom stereocenters. The van der Waals surface area contributed by atoms with E-state index in [9.17, 15) is 9.59 Å². The van der Waals surface area contributed by atoms with Crippen molar-refractivity contribution in [3.63, 3.8) is 0 Å². The second-order valence-corrected chi connectivity index (χ2v) is 7.10. The molecule has 0 radical (unpaired) electrons. The van der Waals surface area contributed by atoms with Gasteiger partial charge < -0.3 is 9.88 Å². The highest BCUT2D eigenvalue weighted by atomic mass is 16.2. The van der Waals surface area contributed by atoms with Crippen molar-refractivity contribution in [3.8, 4) is 0 Å². The summed E-state index contributed by atoms with van der Waals surface area (Å²) in [7, 11) is 0. The zero-order chi connectivity index (χ0) is 17.1. The first-order chi connectivity index (χ1) is 11.6. The first kappa shape index (κ1) is 16.7. The quantitative estimate of drug-likeness (QED) is 0.926. The van der Waals surface area contributed by atoms with Gasteiger partial charge in [0.2, 0.25) is 0 Å². The Balaban J connectivity index is 1.90. The Morgan fingerprint density at radius 3 is 2.62 bits per heavy atom. The number of amides is 1. The van der Waals surface area contributed by atoms with Crippen molar-refractivity contribution in [1.82, 2.24) is 9.88 Å². The number of nitrogens with zero attached hydrogens (tertiary/aromatic N) is 1. The summed E-state index contributed by atoms with van der Waals surface area (Å²) in [6.07, 6.45) is 6.20. The summed E-state index contributed by atoms with van der Waals surface area (Å²) in [4.78, 5) is 25.5. The lowest BCUT2D eigenvalue weighted by Gasteiger charge is -2.23. The Hall–Kier alpha value is -2.10. The second-order valence-electron chi connectivity index (χ2n) is 7.10. The van der Waals surface area contributed by atoms with Crippen LogP contribution in [0, 0.1) is 5.92 Å². The summed E-state index contributed by atoms with van der Waals surface area (Å²) in [5.41, 5.74) is 0.371. The van der Waals surface area contributed by atoms with Crippen LogP contribution in [-0.4, -0.2) is 17.0 Å². The summed E-state index contributed by atoms with van der Waals surface area (Å²) < 4.78 is 1.61. The van der Waals surface area contributed by atoms with E-state index < -0.39 is 0 Å². The molecular weight excluding hydrogens is 300 g/mol. The van der Waals surface area contributed by atoms with Crippen molar-refractivity contribution >= 4 is 16.7 Å². The molecule has 0 unspecified atom stereocenters. The molecule has 24 heavy (non-hydrogen) atoms. The Bertz CT molecular complexity index is 786. The van der Waals surface area contributed by atoms with Crippen LogP contribution in [0.15, 0.2) is 35.1 Å². The van der Waals surface area contributed by atoms with Gasteiger partial charge in [0.1, 0.15) is 5.69 Å². The van der Waals surface area contributed by atoms with Gasteiger partial charge in [-0.3, -0.25) is 9.59 Å². The first-order valence-electron chi connectivity index (χ1n) is 9.00. The molecule has 1 aliphatic rings. The van der Waals surface area contributed by atoms with Crippen LogP contribution in [0.25, 0.3) is 10.8 Å². The highest BCUT2D eigenvalue weighted by molar-refractivity contribution is 5.96.